The lowest BCUT2D eigenvalue weighted by atomic mass is 9.49. The summed E-state index contributed by atoms with van der Waals surface area (Å²) in [5.41, 5.74) is 2.37. The van der Waals surface area contributed by atoms with Gasteiger partial charge in [0.15, 0.2) is 0 Å². The molecule has 5 spiro atoms. The lowest BCUT2D eigenvalue weighted by molar-refractivity contribution is -0.186. The third-order valence-corrected chi connectivity index (χ3v) is 34.1. The van der Waals surface area contributed by atoms with Crippen molar-refractivity contribution >= 4 is 23.9 Å². The quantitative estimate of drug-likeness (QED) is 0.118. The molecule has 15 rings (SSSR count). The second kappa shape index (κ2) is 27.0. The second-order valence-electron chi connectivity index (χ2n) is 43.6. The highest BCUT2D eigenvalue weighted by molar-refractivity contribution is 5.70. The van der Waals surface area contributed by atoms with Gasteiger partial charge in [-0.25, -0.2) is 0 Å². The minimum absolute atomic E-state index is 0.00765. The molecule has 0 heterocycles. The van der Waals surface area contributed by atoms with Crippen molar-refractivity contribution in [2.24, 2.45) is 117 Å². The number of aliphatic hydroxyl groups excluding tert-OH is 5. The third kappa shape index (κ3) is 13.8. The molecule has 5 N–H and O–H groups in total. The van der Waals surface area contributed by atoms with Crippen molar-refractivity contribution in [1.82, 2.24) is 0 Å². The van der Waals surface area contributed by atoms with E-state index in [4.69, 9.17) is 23.7 Å². The minimum Gasteiger partial charge on any atom is -0.462 e. The predicted octanol–water partition coefficient (Wildman–Crippen LogP) is 17.6. The summed E-state index contributed by atoms with van der Waals surface area (Å²) in [6.07, 6.45) is 31.8. The maximum Gasteiger partial charge on any atom is 0.306 e. The Bertz CT molecular complexity index is 3040. The maximum absolute atomic E-state index is 12.3. The molecule has 15 aliphatic carbocycles. The van der Waals surface area contributed by atoms with E-state index in [1.807, 2.05) is 7.11 Å². The van der Waals surface area contributed by atoms with Crippen molar-refractivity contribution in [3.63, 3.8) is 0 Å². The molecule has 15 fully saturated rings. The standard InChI is InChI=1S/C20H34O3.C19H30O4.C17H28O3.C16H28O2.C15H26O2/c1-13(2)10-17(22)23-16-11-18(3,4)14-6-8-19(5)12-20(14,16)9-7-15(19)21;1-12(20)22-15-7-9-19-11-18(15,5)8-6-14(19)17(3,4)10-16(19)23-13(2)21;1-11(18)20-14-9-15(2,3)12-5-7-16(4)10-17(12,14)8-6-13(16)19;1-14(2)9-13(18-4)16-8-6-12(17)15(3,10-16)7-5-11(14)16;1-13(2)8-12(17)15-7-5-11(16)14(3,9-15)6-4-10(13)15/h13-16,21H,6-12H2,1-5H3;14-16H,6-11H2,1-5H3;12-14,19H,5-10H2,1-4H3;11-13,17H,5-10H2,1-4H3;10-12,16-17H,4-9H2,1-3H3/t14-,15+,16-,19+,20-;14-,15+,16-,18+,19-;12-,13+,14-,16+,17-;11-,12+,13-,15+,16-;10-,11+,12-,14+,15-/m00000/s1. The smallest absolute Gasteiger partial charge is 0.306 e. The number of methoxy groups -OCH3 is 1. The van der Waals surface area contributed by atoms with Crippen molar-refractivity contribution in [3.8, 4) is 0 Å². The number of ether oxygens (including phenoxy) is 5. The maximum atomic E-state index is 12.3. The summed E-state index contributed by atoms with van der Waals surface area (Å²) in [4.78, 5) is 46.9. The van der Waals surface area contributed by atoms with Crippen molar-refractivity contribution in [2.75, 3.05) is 7.11 Å². The van der Waals surface area contributed by atoms with Crippen LogP contribution < -0.4 is 0 Å². The van der Waals surface area contributed by atoms with Gasteiger partial charge in [-0.1, -0.05) is 118 Å². The van der Waals surface area contributed by atoms with E-state index >= 15 is 0 Å². The first-order valence-electron chi connectivity index (χ1n) is 41.2. The Balaban J connectivity index is 0.000000128. The average molecular weight is 1420 g/mol. The van der Waals surface area contributed by atoms with E-state index in [0.717, 1.165) is 154 Å². The number of aliphatic hydroxyl groups is 5. The Morgan fingerprint density at radius 1 is 0.317 bits per heavy atom. The number of hydrogen-bond donors (Lipinski definition) is 5. The molecule has 0 saturated heterocycles. The number of esters is 4. The summed E-state index contributed by atoms with van der Waals surface area (Å²) >= 11 is 0. The molecule has 0 radical (unpaired) electrons. The molecule has 0 amide bonds. The molecule has 0 aromatic carbocycles. The SMILES string of the molecule is CC(=O)O[C@H]1CC(C)(C)[C@@H]2CC[C@]3(C)C[C@]12CC[C@H]3O.CC(=O)O[C@H]1CC(C)(C)[C@@H]2CC[C@]3(C)C[C@]12CC[C@H]3OC(C)=O.CC(C)CC(=O)O[C@H]1CC(C)(C)[C@@H]2CC[C@]3(C)C[C@]12CC[C@H]3O.CC1(C)C[C@H](O)[C@]23CC[C@@H](O)[C@](C)(CC[C@@H]12)C3.CO[C@H]1CC(C)(C)[C@@H]2CC[C@]3(C)C[C@]12CC[C@H]3O. The van der Waals surface area contributed by atoms with Gasteiger partial charge in [0.2, 0.25) is 0 Å². The fourth-order valence-corrected chi connectivity index (χ4v) is 29.7. The molecule has 578 valence electrons. The molecule has 14 heteroatoms. The van der Waals surface area contributed by atoms with Crippen LogP contribution in [0.3, 0.4) is 0 Å². The zero-order valence-electron chi connectivity index (χ0n) is 67.6. The summed E-state index contributed by atoms with van der Waals surface area (Å²) in [7, 11) is 1.88. The van der Waals surface area contributed by atoms with Crippen molar-refractivity contribution < 1.29 is 68.4 Å². The van der Waals surface area contributed by atoms with Gasteiger partial charge in [0.25, 0.3) is 0 Å². The summed E-state index contributed by atoms with van der Waals surface area (Å²) in [6.45, 7) is 43.4. The number of carbonyl (C=O) groups is 4. The van der Waals surface area contributed by atoms with E-state index in [2.05, 4.69) is 118 Å². The highest BCUT2D eigenvalue weighted by atomic mass is 16.6. The van der Waals surface area contributed by atoms with Gasteiger partial charge in [-0.2, -0.15) is 0 Å². The van der Waals surface area contributed by atoms with E-state index in [1.54, 1.807) is 0 Å². The van der Waals surface area contributed by atoms with Crippen LogP contribution in [-0.4, -0.2) is 118 Å². The fraction of sp³-hybridized carbons (Fsp3) is 0.954. The first-order chi connectivity index (χ1) is 46.5. The Morgan fingerprint density at radius 3 is 0.911 bits per heavy atom. The third-order valence-electron chi connectivity index (χ3n) is 34.1. The Labute approximate surface area is 611 Å². The largest absolute Gasteiger partial charge is 0.462 e. The molecule has 0 aromatic rings. The zero-order valence-corrected chi connectivity index (χ0v) is 67.6. The summed E-state index contributed by atoms with van der Waals surface area (Å²) in [5, 5.41) is 52.1. The van der Waals surface area contributed by atoms with E-state index < -0.39 is 0 Å². The fourth-order valence-electron chi connectivity index (χ4n) is 29.7. The Morgan fingerprint density at radius 2 is 0.574 bits per heavy atom. The number of hydrogen-bond acceptors (Lipinski definition) is 14. The van der Waals surface area contributed by atoms with E-state index in [1.165, 1.54) is 65.7 Å². The van der Waals surface area contributed by atoms with Crippen molar-refractivity contribution in [1.29, 1.82) is 0 Å². The van der Waals surface area contributed by atoms with Crippen LogP contribution in [0.1, 0.15) is 338 Å². The van der Waals surface area contributed by atoms with Crippen molar-refractivity contribution in [3.05, 3.63) is 0 Å². The van der Waals surface area contributed by atoms with Crippen LogP contribution >= 0.6 is 0 Å². The van der Waals surface area contributed by atoms with Gasteiger partial charge in [0.1, 0.15) is 24.4 Å². The lowest BCUT2D eigenvalue weighted by Gasteiger charge is -2.58. The van der Waals surface area contributed by atoms with Crippen LogP contribution in [0.5, 0.6) is 0 Å². The van der Waals surface area contributed by atoms with Gasteiger partial charge >= 0.3 is 23.9 Å². The van der Waals surface area contributed by atoms with Crippen LogP contribution in [0.15, 0.2) is 0 Å². The highest BCUT2D eigenvalue weighted by Gasteiger charge is 2.71. The second-order valence-corrected chi connectivity index (χ2v) is 43.6. The number of rotatable bonds is 7. The normalized spacial score (nSPS) is 49.3. The Kier molecular flexibility index (Phi) is 21.3. The van der Waals surface area contributed by atoms with E-state index in [0.29, 0.717) is 52.9 Å². The monoisotopic (exact) mass is 1420 g/mol. The van der Waals surface area contributed by atoms with Crippen LogP contribution in [-0.2, 0) is 42.9 Å². The van der Waals surface area contributed by atoms with Gasteiger partial charge in [0, 0.05) is 66.8 Å². The lowest BCUT2D eigenvalue weighted by Crippen LogP contribution is -2.55. The highest BCUT2D eigenvalue weighted by Crippen LogP contribution is 2.75. The minimum atomic E-state index is -0.190. The molecule has 14 nitrogen and oxygen atoms in total. The zero-order chi connectivity index (χ0) is 74.5. The summed E-state index contributed by atoms with van der Waals surface area (Å²) < 4.78 is 29.2. The molecular formula is C87H146O14. The molecule has 0 aliphatic heterocycles. The molecule has 15 aliphatic rings. The van der Waals surface area contributed by atoms with Crippen LogP contribution in [0, 0.1) is 117 Å². The van der Waals surface area contributed by atoms with E-state index in [-0.39, 0.29) is 149 Å². The summed E-state index contributed by atoms with van der Waals surface area (Å²) in [6, 6.07) is 0. The first-order valence-corrected chi connectivity index (χ1v) is 41.2. The van der Waals surface area contributed by atoms with Gasteiger partial charge in [-0.3, -0.25) is 19.2 Å². The van der Waals surface area contributed by atoms with Gasteiger partial charge in [0.05, 0.1) is 36.6 Å². The molecule has 10 bridgehead atoms. The number of carbonyl (C=O) groups excluding carboxylic acids is 4. The predicted molar refractivity (Wildman–Crippen MR) is 394 cm³/mol. The van der Waals surface area contributed by atoms with Gasteiger partial charge < -0.3 is 49.2 Å². The first kappa shape index (κ1) is 79.7. The van der Waals surface area contributed by atoms with E-state index in [9.17, 15) is 44.7 Å². The molecule has 101 heavy (non-hydrogen) atoms. The average Bonchev–Trinajstić information content (AvgIpc) is 1.62. The van der Waals surface area contributed by atoms with Crippen LogP contribution in [0.2, 0.25) is 0 Å². The topological polar surface area (TPSA) is 216 Å². The van der Waals surface area contributed by atoms with Crippen LogP contribution in [0.4, 0.5) is 0 Å². The van der Waals surface area contributed by atoms with Crippen molar-refractivity contribution in [2.45, 2.75) is 399 Å². The van der Waals surface area contributed by atoms with Gasteiger partial charge in [-0.05, 0) is 277 Å². The molecule has 25 atom stereocenters. The summed E-state index contributed by atoms with van der Waals surface area (Å²) in [5.74, 6) is 3.08. The Hall–Kier alpha value is -2.36. The molecule has 0 aromatic heterocycles. The molecular weight excluding hydrogens is 1270 g/mol. The molecule has 15 saturated carbocycles. The molecule has 0 unspecified atom stereocenters. The van der Waals surface area contributed by atoms with Gasteiger partial charge in [-0.15, -0.1) is 0 Å². The van der Waals surface area contributed by atoms with Crippen LogP contribution in [0.25, 0.3) is 0 Å². The number of fused-ring (bicyclic) bond motifs is 5.